The van der Waals surface area contributed by atoms with Gasteiger partial charge in [0.05, 0.1) is 11.3 Å². The predicted molar refractivity (Wildman–Crippen MR) is 87.4 cm³/mol. The van der Waals surface area contributed by atoms with Gasteiger partial charge < -0.3 is 9.77 Å². The molecule has 0 unspecified atom stereocenters. The lowest BCUT2D eigenvalue weighted by molar-refractivity contribution is 0.0904. The van der Waals surface area contributed by atoms with Crippen molar-refractivity contribution in [3.8, 4) is 11.3 Å². The van der Waals surface area contributed by atoms with Gasteiger partial charge in [0, 0.05) is 24.2 Å². The molecule has 0 fully saturated rings. The van der Waals surface area contributed by atoms with Crippen molar-refractivity contribution in [2.75, 3.05) is 0 Å². The third-order valence-electron chi connectivity index (χ3n) is 5.00. The summed E-state index contributed by atoms with van der Waals surface area (Å²) < 4.78 is 2.26. The van der Waals surface area contributed by atoms with Crippen LogP contribution < -0.4 is 5.36 Å². The SMILES string of the molecule is CC1(C)CC(=O)c2c(n3c(c/c2=N\O)-c2ccccc2CC3)C1. The molecule has 1 aromatic carbocycles. The standard InChI is InChI=1S/C19H20N2O2/c1-19(2)10-16-18(17(22)11-19)14(20-23)9-15-13-6-4-3-5-12(13)7-8-21(15)16/h3-6,9,23H,7-8,10-11H2,1-2H3/b20-14+. The third kappa shape index (κ3) is 2.12. The first-order valence-corrected chi connectivity index (χ1v) is 8.06. The van der Waals surface area contributed by atoms with Gasteiger partial charge in [0.25, 0.3) is 0 Å². The van der Waals surface area contributed by atoms with E-state index < -0.39 is 0 Å². The lowest BCUT2D eigenvalue weighted by Gasteiger charge is -2.35. The van der Waals surface area contributed by atoms with Crippen LogP contribution >= 0.6 is 0 Å². The quantitative estimate of drug-likeness (QED) is 0.600. The second kappa shape index (κ2) is 4.82. The first-order chi connectivity index (χ1) is 11.0. The fourth-order valence-corrected chi connectivity index (χ4v) is 4.01. The highest BCUT2D eigenvalue weighted by molar-refractivity contribution is 5.99. The second-order valence-corrected chi connectivity index (χ2v) is 7.34. The Morgan fingerprint density at radius 1 is 1.22 bits per heavy atom. The molecule has 1 aliphatic carbocycles. The Bertz CT molecular complexity index is 891. The number of carbonyl (C=O) groups is 1. The van der Waals surface area contributed by atoms with E-state index in [2.05, 4.69) is 41.8 Å². The number of aromatic nitrogens is 1. The first kappa shape index (κ1) is 14.2. The van der Waals surface area contributed by atoms with Gasteiger partial charge in [-0.05, 0) is 29.9 Å². The Labute approximate surface area is 135 Å². The van der Waals surface area contributed by atoms with Crippen molar-refractivity contribution < 1.29 is 10.0 Å². The smallest absolute Gasteiger partial charge is 0.167 e. The van der Waals surface area contributed by atoms with Crippen LogP contribution in [0.1, 0.15) is 41.9 Å². The molecular weight excluding hydrogens is 288 g/mol. The monoisotopic (exact) mass is 308 g/mol. The van der Waals surface area contributed by atoms with Gasteiger partial charge >= 0.3 is 0 Å². The van der Waals surface area contributed by atoms with Gasteiger partial charge in [-0.3, -0.25) is 4.79 Å². The van der Waals surface area contributed by atoms with Crippen molar-refractivity contribution in [2.45, 2.75) is 39.7 Å². The topological polar surface area (TPSA) is 54.6 Å². The van der Waals surface area contributed by atoms with Gasteiger partial charge in [-0.1, -0.05) is 43.3 Å². The molecule has 23 heavy (non-hydrogen) atoms. The molecule has 0 atom stereocenters. The lowest BCUT2D eigenvalue weighted by Crippen LogP contribution is -2.36. The van der Waals surface area contributed by atoms with Gasteiger partial charge in [-0.25, -0.2) is 0 Å². The van der Waals surface area contributed by atoms with E-state index in [1.165, 1.54) is 11.1 Å². The number of rotatable bonds is 0. The highest BCUT2D eigenvalue weighted by Crippen LogP contribution is 2.37. The molecule has 4 nitrogen and oxygen atoms in total. The Morgan fingerprint density at radius 2 is 2.00 bits per heavy atom. The van der Waals surface area contributed by atoms with E-state index in [4.69, 9.17) is 0 Å². The number of nitrogens with zero attached hydrogens (tertiary/aromatic N) is 2. The summed E-state index contributed by atoms with van der Waals surface area (Å²) in [5, 5.41) is 13.3. The third-order valence-corrected chi connectivity index (χ3v) is 5.00. The Kier molecular flexibility index (Phi) is 2.98. The highest BCUT2D eigenvalue weighted by atomic mass is 16.4. The Balaban J connectivity index is 2.06. The van der Waals surface area contributed by atoms with Gasteiger partial charge in [0.15, 0.2) is 5.78 Å². The van der Waals surface area contributed by atoms with Crippen molar-refractivity contribution >= 4 is 5.78 Å². The van der Waals surface area contributed by atoms with E-state index in [1.54, 1.807) is 0 Å². The summed E-state index contributed by atoms with van der Waals surface area (Å²) in [6, 6.07) is 10.2. The summed E-state index contributed by atoms with van der Waals surface area (Å²) in [6.07, 6.45) is 2.29. The molecular formula is C19H20N2O2. The van der Waals surface area contributed by atoms with E-state index >= 15 is 0 Å². The highest BCUT2D eigenvalue weighted by Gasteiger charge is 2.35. The van der Waals surface area contributed by atoms with Crippen LogP contribution in [0.2, 0.25) is 0 Å². The molecule has 2 aliphatic rings. The summed E-state index contributed by atoms with van der Waals surface area (Å²) in [6.45, 7) is 5.12. The van der Waals surface area contributed by atoms with Gasteiger partial charge in [-0.2, -0.15) is 0 Å². The van der Waals surface area contributed by atoms with Crippen LogP contribution in [0.4, 0.5) is 0 Å². The van der Waals surface area contributed by atoms with Crippen LogP contribution in [0, 0.1) is 5.41 Å². The molecule has 0 radical (unpaired) electrons. The number of ketones is 1. The molecule has 118 valence electrons. The van der Waals surface area contributed by atoms with E-state index in [1.807, 2.05) is 12.1 Å². The molecule has 0 spiro atoms. The van der Waals surface area contributed by atoms with Crippen LogP contribution in [-0.4, -0.2) is 15.6 Å². The van der Waals surface area contributed by atoms with Crippen molar-refractivity contribution in [2.24, 2.45) is 10.6 Å². The van der Waals surface area contributed by atoms with Crippen molar-refractivity contribution in [1.82, 2.24) is 4.57 Å². The van der Waals surface area contributed by atoms with Crippen LogP contribution in [0.5, 0.6) is 0 Å². The molecule has 0 amide bonds. The number of Topliss-reactive ketones (excluding diaryl/α,β-unsaturated/α-hetero) is 1. The summed E-state index contributed by atoms with van der Waals surface area (Å²) in [5.41, 5.74) is 5.08. The van der Waals surface area contributed by atoms with Crippen LogP contribution in [0.25, 0.3) is 11.3 Å². The molecule has 0 bridgehead atoms. The fourth-order valence-electron chi connectivity index (χ4n) is 4.01. The minimum atomic E-state index is -0.0596. The molecule has 1 N–H and O–H groups in total. The zero-order chi connectivity index (χ0) is 16.2. The Morgan fingerprint density at radius 3 is 2.78 bits per heavy atom. The molecule has 4 heteroatoms. The van der Waals surface area contributed by atoms with E-state index in [0.29, 0.717) is 17.3 Å². The number of carbonyl (C=O) groups excluding carboxylic acids is 1. The zero-order valence-corrected chi connectivity index (χ0v) is 13.5. The van der Waals surface area contributed by atoms with Gasteiger partial charge in [0.2, 0.25) is 0 Å². The number of hydrogen-bond donors (Lipinski definition) is 1. The van der Waals surface area contributed by atoms with Crippen molar-refractivity contribution in [1.29, 1.82) is 0 Å². The maximum Gasteiger partial charge on any atom is 0.167 e. The maximum atomic E-state index is 12.6. The van der Waals surface area contributed by atoms with Crippen LogP contribution in [0.15, 0.2) is 35.5 Å². The predicted octanol–water partition coefficient (Wildman–Crippen LogP) is 3.16. The van der Waals surface area contributed by atoms with Crippen molar-refractivity contribution in [3.63, 3.8) is 0 Å². The number of fused-ring (bicyclic) bond motifs is 5. The van der Waals surface area contributed by atoms with E-state index in [0.717, 1.165) is 30.8 Å². The molecule has 2 aromatic rings. The van der Waals surface area contributed by atoms with E-state index in [-0.39, 0.29) is 11.2 Å². The fraction of sp³-hybridized carbons (Fsp3) is 0.368. The summed E-state index contributed by atoms with van der Waals surface area (Å²) in [4.78, 5) is 12.6. The number of hydrogen-bond acceptors (Lipinski definition) is 3. The minimum absolute atomic E-state index is 0.0596. The molecule has 1 aromatic heterocycles. The summed E-state index contributed by atoms with van der Waals surface area (Å²) in [7, 11) is 0. The second-order valence-electron chi connectivity index (χ2n) is 7.34. The average molecular weight is 308 g/mol. The average Bonchev–Trinajstić information content (AvgIpc) is 2.52. The molecule has 2 heterocycles. The largest absolute Gasteiger partial charge is 0.410 e. The molecule has 0 saturated carbocycles. The number of benzene rings is 1. The van der Waals surface area contributed by atoms with E-state index in [9.17, 15) is 10.0 Å². The van der Waals surface area contributed by atoms with Gasteiger partial charge in [0.1, 0.15) is 5.36 Å². The van der Waals surface area contributed by atoms with Crippen LogP contribution in [0.3, 0.4) is 0 Å². The Hall–Kier alpha value is -2.36. The molecule has 4 rings (SSSR count). The van der Waals surface area contributed by atoms with Gasteiger partial charge in [-0.15, -0.1) is 0 Å². The van der Waals surface area contributed by atoms with Crippen LogP contribution in [-0.2, 0) is 19.4 Å². The number of pyridine rings is 1. The lowest BCUT2D eigenvalue weighted by atomic mass is 9.75. The molecule has 1 aliphatic heterocycles. The minimum Gasteiger partial charge on any atom is -0.410 e. The zero-order valence-electron chi connectivity index (χ0n) is 13.5. The number of aryl methyl sites for hydroxylation is 1. The summed E-state index contributed by atoms with van der Waals surface area (Å²) >= 11 is 0. The normalized spacial score (nSPS) is 19.0. The van der Waals surface area contributed by atoms with Crippen molar-refractivity contribution in [3.05, 3.63) is 52.5 Å². The molecule has 0 saturated heterocycles. The summed E-state index contributed by atoms with van der Waals surface area (Å²) in [5.74, 6) is 0.0817. The first-order valence-electron chi connectivity index (χ1n) is 8.06. The maximum absolute atomic E-state index is 12.6.